The quantitative estimate of drug-likeness (QED) is 0.265. The largest absolute Gasteiger partial charge is 0.480 e. The van der Waals surface area contributed by atoms with E-state index in [9.17, 15) is 19.2 Å². The van der Waals surface area contributed by atoms with Gasteiger partial charge in [0, 0.05) is 24.7 Å². The predicted octanol–water partition coefficient (Wildman–Crippen LogP) is -2.77. The number of carbonyl (C=O) groups excluding carboxylic acids is 3. The van der Waals surface area contributed by atoms with Gasteiger partial charge in [-0.3, -0.25) is 19.2 Å². The number of H-pyrrole nitrogens is 1. The summed E-state index contributed by atoms with van der Waals surface area (Å²) in [6.45, 7) is -0.609. The second-order valence-corrected chi connectivity index (χ2v) is 5.07. The van der Waals surface area contributed by atoms with Crippen LogP contribution < -0.4 is 22.1 Å². The number of nitrogens with zero attached hydrogens (tertiary/aromatic N) is 1. The van der Waals surface area contributed by atoms with Crippen molar-refractivity contribution in [3.63, 3.8) is 0 Å². The number of primary amides is 1. The van der Waals surface area contributed by atoms with Crippen LogP contribution in [0.1, 0.15) is 18.5 Å². The Balaban J connectivity index is 2.63. The molecule has 1 heterocycles. The monoisotopic (exact) mass is 340 g/mol. The van der Waals surface area contributed by atoms with Crippen LogP contribution in [0.3, 0.4) is 0 Å². The fourth-order valence-electron chi connectivity index (χ4n) is 1.85. The zero-order valence-electron chi connectivity index (χ0n) is 12.8. The molecule has 1 aromatic heterocycles. The summed E-state index contributed by atoms with van der Waals surface area (Å²) < 4.78 is 0. The molecular weight excluding hydrogens is 320 g/mol. The molecule has 0 aliphatic heterocycles. The molecule has 3 amide bonds. The van der Waals surface area contributed by atoms with Crippen molar-refractivity contribution < 1.29 is 24.3 Å². The highest BCUT2D eigenvalue weighted by Gasteiger charge is 2.24. The smallest absolute Gasteiger partial charge is 0.322 e. The summed E-state index contributed by atoms with van der Waals surface area (Å²) in [5.74, 6) is -3.24. The molecule has 0 fully saturated rings. The molecule has 132 valence electrons. The molecule has 8 N–H and O–H groups in total. The first-order chi connectivity index (χ1) is 11.3. The highest BCUT2D eigenvalue weighted by atomic mass is 16.4. The van der Waals surface area contributed by atoms with Crippen LogP contribution >= 0.6 is 0 Å². The van der Waals surface area contributed by atoms with Crippen molar-refractivity contribution in [1.29, 1.82) is 0 Å². The van der Waals surface area contributed by atoms with E-state index in [-0.39, 0.29) is 19.3 Å². The van der Waals surface area contributed by atoms with Gasteiger partial charge in [-0.2, -0.15) is 0 Å². The molecule has 0 aromatic carbocycles. The van der Waals surface area contributed by atoms with Gasteiger partial charge >= 0.3 is 5.97 Å². The molecule has 1 aromatic rings. The first-order valence-electron chi connectivity index (χ1n) is 7.10. The van der Waals surface area contributed by atoms with Crippen molar-refractivity contribution in [2.45, 2.75) is 31.3 Å². The minimum Gasteiger partial charge on any atom is -0.480 e. The second-order valence-electron chi connectivity index (χ2n) is 5.07. The number of nitrogens with one attached hydrogen (secondary N) is 3. The third-order valence-corrected chi connectivity index (χ3v) is 3.06. The Morgan fingerprint density at radius 2 is 2.00 bits per heavy atom. The van der Waals surface area contributed by atoms with E-state index in [2.05, 4.69) is 20.6 Å². The molecule has 2 atom stereocenters. The van der Waals surface area contributed by atoms with Crippen LogP contribution in [0, 0.1) is 0 Å². The first-order valence-corrected chi connectivity index (χ1v) is 7.10. The molecular formula is C13H20N6O5. The van der Waals surface area contributed by atoms with Gasteiger partial charge in [-0.1, -0.05) is 0 Å². The van der Waals surface area contributed by atoms with Crippen LogP contribution in [0.2, 0.25) is 0 Å². The van der Waals surface area contributed by atoms with Crippen LogP contribution in [0.4, 0.5) is 0 Å². The minimum absolute atomic E-state index is 0.0662. The first kappa shape index (κ1) is 19.1. The highest BCUT2D eigenvalue weighted by molar-refractivity contribution is 5.91. The summed E-state index contributed by atoms with van der Waals surface area (Å²) in [6, 6.07) is -2.06. The van der Waals surface area contributed by atoms with Gasteiger partial charge in [0.15, 0.2) is 0 Å². The third kappa shape index (κ3) is 6.87. The van der Waals surface area contributed by atoms with Crippen molar-refractivity contribution in [1.82, 2.24) is 20.6 Å². The number of imidazole rings is 1. The Morgan fingerprint density at radius 3 is 2.54 bits per heavy atom. The highest BCUT2D eigenvalue weighted by Crippen LogP contribution is 2.01. The number of aromatic amines is 1. The number of rotatable bonds is 10. The van der Waals surface area contributed by atoms with E-state index < -0.39 is 42.3 Å². The van der Waals surface area contributed by atoms with Gasteiger partial charge in [-0.15, -0.1) is 0 Å². The van der Waals surface area contributed by atoms with Crippen LogP contribution in [-0.2, 0) is 25.6 Å². The van der Waals surface area contributed by atoms with Crippen LogP contribution in [-0.4, -0.2) is 57.4 Å². The van der Waals surface area contributed by atoms with Gasteiger partial charge in [-0.25, -0.2) is 4.98 Å². The Bertz CT molecular complexity index is 588. The molecule has 0 radical (unpaired) electrons. The standard InChI is InChI=1S/C13H20N6O5/c14-8(3-7-4-16-6-18-7)12(23)19-9(1-2-10(15)20)13(24)17-5-11(21)22/h4,6,8-9H,1-3,5,14H2,(H2,15,20)(H,16,18)(H,17,24)(H,19,23)(H,21,22). The number of amides is 3. The molecule has 0 aliphatic rings. The Morgan fingerprint density at radius 1 is 1.29 bits per heavy atom. The molecule has 1 rings (SSSR count). The van der Waals surface area contributed by atoms with E-state index in [1.54, 1.807) is 0 Å². The maximum atomic E-state index is 12.1. The Labute approximate surface area is 137 Å². The molecule has 11 nitrogen and oxygen atoms in total. The van der Waals surface area contributed by atoms with Crippen molar-refractivity contribution >= 4 is 23.7 Å². The van der Waals surface area contributed by atoms with Crippen molar-refractivity contribution in [2.75, 3.05) is 6.54 Å². The number of carboxylic acid groups (broad SMARTS) is 1. The number of nitrogens with two attached hydrogens (primary N) is 2. The zero-order valence-corrected chi connectivity index (χ0v) is 12.8. The van der Waals surface area contributed by atoms with Crippen LogP contribution in [0.5, 0.6) is 0 Å². The summed E-state index contributed by atoms with van der Waals surface area (Å²) in [7, 11) is 0. The normalized spacial score (nSPS) is 12.9. The molecule has 0 saturated heterocycles. The number of carboxylic acids is 1. The number of aliphatic carboxylic acids is 1. The lowest BCUT2D eigenvalue weighted by Gasteiger charge is -2.19. The summed E-state index contributed by atoms with van der Waals surface area (Å²) in [5.41, 5.74) is 11.4. The van der Waals surface area contributed by atoms with Gasteiger partial charge in [0.05, 0.1) is 12.4 Å². The molecule has 0 aliphatic carbocycles. The lowest BCUT2D eigenvalue weighted by molar-refractivity contribution is -0.138. The van der Waals surface area contributed by atoms with E-state index in [1.165, 1.54) is 12.5 Å². The van der Waals surface area contributed by atoms with Gasteiger partial charge in [-0.05, 0) is 6.42 Å². The summed E-state index contributed by atoms with van der Waals surface area (Å²) in [5, 5.41) is 13.1. The SMILES string of the molecule is NC(=O)CCC(NC(=O)C(N)Cc1cnc[nH]1)C(=O)NCC(=O)O. The van der Waals surface area contributed by atoms with Gasteiger partial charge in [0.2, 0.25) is 17.7 Å². The fourth-order valence-corrected chi connectivity index (χ4v) is 1.85. The topological polar surface area (TPSA) is 193 Å². The van der Waals surface area contributed by atoms with Crippen LogP contribution in [0.15, 0.2) is 12.5 Å². The summed E-state index contributed by atoms with van der Waals surface area (Å²) >= 11 is 0. The Kier molecular flexibility index (Phi) is 7.36. The zero-order chi connectivity index (χ0) is 18.1. The number of hydrogen-bond acceptors (Lipinski definition) is 6. The fraction of sp³-hybridized carbons (Fsp3) is 0.462. The number of aromatic nitrogens is 2. The number of hydrogen-bond donors (Lipinski definition) is 6. The van der Waals surface area contributed by atoms with Crippen molar-refractivity contribution in [3.05, 3.63) is 18.2 Å². The van der Waals surface area contributed by atoms with E-state index >= 15 is 0 Å². The molecule has 0 bridgehead atoms. The predicted molar refractivity (Wildman–Crippen MR) is 81.3 cm³/mol. The lowest BCUT2D eigenvalue weighted by atomic mass is 10.1. The lowest BCUT2D eigenvalue weighted by Crippen LogP contribution is -2.52. The molecule has 0 spiro atoms. The van der Waals surface area contributed by atoms with Gasteiger partial charge < -0.3 is 32.2 Å². The third-order valence-electron chi connectivity index (χ3n) is 3.06. The van der Waals surface area contributed by atoms with E-state index in [0.717, 1.165) is 0 Å². The molecule has 24 heavy (non-hydrogen) atoms. The van der Waals surface area contributed by atoms with Crippen molar-refractivity contribution in [2.24, 2.45) is 11.5 Å². The van der Waals surface area contributed by atoms with E-state index in [1.807, 2.05) is 0 Å². The molecule has 0 saturated carbocycles. The molecule has 11 heteroatoms. The van der Waals surface area contributed by atoms with Gasteiger partial charge in [0.25, 0.3) is 0 Å². The van der Waals surface area contributed by atoms with Crippen LogP contribution in [0.25, 0.3) is 0 Å². The van der Waals surface area contributed by atoms with E-state index in [0.29, 0.717) is 5.69 Å². The van der Waals surface area contributed by atoms with E-state index in [4.69, 9.17) is 16.6 Å². The average Bonchev–Trinajstić information content (AvgIpc) is 3.01. The molecule has 2 unspecified atom stereocenters. The maximum Gasteiger partial charge on any atom is 0.322 e. The van der Waals surface area contributed by atoms with Gasteiger partial charge in [0.1, 0.15) is 12.6 Å². The summed E-state index contributed by atoms with van der Waals surface area (Å²) in [4.78, 5) is 52.0. The van der Waals surface area contributed by atoms with Crippen molar-refractivity contribution in [3.8, 4) is 0 Å². The summed E-state index contributed by atoms with van der Waals surface area (Å²) in [6.07, 6.45) is 2.90. The average molecular weight is 340 g/mol. The second kappa shape index (κ2) is 9.25. The maximum absolute atomic E-state index is 12.1. The number of carbonyl (C=O) groups is 4. The Hall–Kier alpha value is -2.95. The minimum atomic E-state index is -1.24.